The molecular formula is C22H17FN6O. The average molecular weight is 400 g/mol. The third kappa shape index (κ3) is 2.81. The number of rotatable bonds is 2. The lowest BCUT2D eigenvalue weighted by molar-refractivity contribution is 0.220. The molecule has 0 aliphatic rings. The number of halogens is 1. The third-order valence-corrected chi connectivity index (χ3v) is 4.91. The molecule has 0 spiro atoms. The second-order valence-corrected chi connectivity index (χ2v) is 7.08. The molecule has 30 heavy (non-hydrogen) atoms. The lowest BCUT2D eigenvalue weighted by atomic mass is 10.1. The minimum Gasteiger partial charge on any atom is -0.330 e. The molecule has 0 unspecified atom stereocenters. The molecule has 7 nitrogen and oxygen atoms in total. The van der Waals surface area contributed by atoms with Crippen molar-refractivity contribution in [3.8, 4) is 17.2 Å². The number of fused-ring (bicyclic) bond motifs is 2. The molecule has 3 heterocycles. The number of imidazole rings is 1. The van der Waals surface area contributed by atoms with Gasteiger partial charge in [0.25, 0.3) is 0 Å². The molecule has 3 aromatic heterocycles. The van der Waals surface area contributed by atoms with Crippen LogP contribution in [0.15, 0.2) is 67.1 Å². The van der Waals surface area contributed by atoms with Crippen molar-refractivity contribution in [1.82, 2.24) is 29.0 Å². The Morgan fingerprint density at radius 3 is 2.53 bits per heavy atom. The van der Waals surface area contributed by atoms with Crippen molar-refractivity contribution >= 4 is 28.1 Å². The maximum Gasteiger partial charge on any atom is 0.329 e. The molecule has 0 fully saturated rings. The quantitative estimate of drug-likeness (QED) is 0.447. The van der Waals surface area contributed by atoms with Gasteiger partial charge in [-0.15, -0.1) is 0 Å². The molecule has 0 saturated carbocycles. The molecule has 1 amide bonds. The fraction of sp³-hybridized carbons (Fsp3) is 0.0909. The summed E-state index contributed by atoms with van der Waals surface area (Å²) in [5.41, 5.74) is 3.46. The number of amides is 1. The van der Waals surface area contributed by atoms with Gasteiger partial charge < -0.3 is 4.90 Å². The maximum atomic E-state index is 13.5. The summed E-state index contributed by atoms with van der Waals surface area (Å²) >= 11 is 0. The molecule has 0 bridgehead atoms. The van der Waals surface area contributed by atoms with Crippen LogP contribution in [0.25, 0.3) is 39.3 Å². The van der Waals surface area contributed by atoms with E-state index < -0.39 is 0 Å². The van der Waals surface area contributed by atoms with Gasteiger partial charge >= 0.3 is 6.03 Å². The van der Waals surface area contributed by atoms with E-state index in [4.69, 9.17) is 4.98 Å². The van der Waals surface area contributed by atoms with Crippen molar-refractivity contribution in [2.24, 2.45) is 0 Å². The van der Waals surface area contributed by atoms with Gasteiger partial charge in [0.05, 0.1) is 16.7 Å². The number of para-hydroxylation sites is 2. The molecule has 8 heteroatoms. The lowest BCUT2D eigenvalue weighted by Gasteiger charge is -2.13. The Hall–Kier alpha value is -4.07. The first-order valence-corrected chi connectivity index (χ1v) is 9.32. The van der Waals surface area contributed by atoms with E-state index in [-0.39, 0.29) is 11.8 Å². The van der Waals surface area contributed by atoms with E-state index in [0.717, 1.165) is 16.6 Å². The van der Waals surface area contributed by atoms with Gasteiger partial charge in [-0.3, -0.25) is 9.13 Å². The molecule has 0 aliphatic heterocycles. The van der Waals surface area contributed by atoms with Gasteiger partial charge in [0.15, 0.2) is 5.65 Å². The Morgan fingerprint density at radius 2 is 1.77 bits per heavy atom. The highest BCUT2D eigenvalue weighted by Crippen LogP contribution is 2.29. The summed E-state index contributed by atoms with van der Waals surface area (Å²) in [6.45, 7) is 0. The van der Waals surface area contributed by atoms with Crippen LogP contribution in [0, 0.1) is 5.82 Å². The first-order valence-electron chi connectivity index (χ1n) is 9.32. The number of hydrogen-bond acceptors (Lipinski definition) is 4. The molecule has 148 valence electrons. The Labute approximate surface area is 171 Å². The normalized spacial score (nSPS) is 11.3. The Kier molecular flexibility index (Phi) is 4.06. The SMILES string of the molecule is CN(C)C(=O)n1ccc2c(-c3ccc(F)cc3)nc(-n3cnc4ccccc43)nc21. The molecule has 0 N–H and O–H groups in total. The summed E-state index contributed by atoms with van der Waals surface area (Å²) in [4.78, 5) is 28.0. The zero-order valence-corrected chi connectivity index (χ0v) is 16.3. The van der Waals surface area contributed by atoms with Gasteiger partial charge in [-0.05, 0) is 42.5 Å². The van der Waals surface area contributed by atoms with E-state index in [9.17, 15) is 9.18 Å². The highest BCUT2D eigenvalue weighted by Gasteiger charge is 2.19. The molecule has 0 saturated heterocycles. The summed E-state index contributed by atoms with van der Waals surface area (Å²) in [6.07, 6.45) is 3.33. The number of nitrogens with zero attached hydrogens (tertiary/aromatic N) is 6. The van der Waals surface area contributed by atoms with Crippen molar-refractivity contribution < 1.29 is 9.18 Å². The maximum absolute atomic E-state index is 13.5. The fourth-order valence-corrected chi connectivity index (χ4v) is 3.43. The van der Waals surface area contributed by atoms with E-state index in [2.05, 4.69) is 9.97 Å². The summed E-state index contributed by atoms with van der Waals surface area (Å²) in [5.74, 6) is 0.0484. The highest BCUT2D eigenvalue weighted by atomic mass is 19.1. The minimum atomic E-state index is -0.328. The summed E-state index contributed by atoms with van der Waals surface area (Å²) < 4.78 is 16.7. The lowest BCUT2D eigenvalue weighted by Crippen LogP contribution is -2.26. The number of carbonyl (C=O) groups is 1. The number of benzene rings is 2. The van der Waals surface area contributed by atoms with Crippen LogP contribution in [0.5, 0.6) is 0 Å². The van der Waals surface area contributed by atoms with E-state index >= 15 is 0 Å². The number of aromatic nitrogens is 5. The van der Waals surface area contributed by atoms with Crippen LogP contribution in [0.1, 0.15) is 0 Å². The van der Waals surface area contributed by atoms with Gasteiger partial charge in [0, 0.05) is 31.2 Å². The largest absolute Gasteiger partial charge is 0.330 e. The van der Waals surface area contributed by atoms with Crippen LogP contribution < -0.4 is 0 Å². The Balaban J connectivity index is 1.82. The van der Waals surface area contributed by atoms with Crippen molar-refractivity contribution in [3.05, 3.63) is 72.9 Å². The van der Waals surface area contributed by atoms with Crippen LogP contribution in [-0.4, -0.2) is 49.1 Å². The van der Waals surface area contributed by atoms with E-state index in [1.54, 1.807) is 49.4 Å². The van der Waals surface area contributed by atoms with Crippen LogP contribution >= 0.6 is 0 Å². The van der Waals surface area contributed by atoms with Gasteiger partial charge in [-0.2, -0.15) is 4.98 Å². The molecule has 2 aromatic carbocycles. The molecule has 0 aliphatic carbocycles. The minimum absolute atomic E-state index is 0.227. The molecule has 5 aromatic rings. The Bertz CT molecular complexity index is 1400. The molecular weight excluding hydrogens is 383 g/mol. The predicted octanol–water partition coefficient (Wildman–Crippen LogP) is 4.11. The van der Waals surface area contributed by atoms with Gasteiger partial charge in [-0.25, -0.2) is 19.2 Å². The highest BCUT2D eigenvalue weighted by molar-refractivity contribution is 5.97. The van der Waals surface area contributed by atoms with E-state index in [0.29, 0.717) is 22.7 Å². The molecule has 0 radical (unpaired) electrons. The van der Waals surface area contributed by atoms with Crippen molar-refractivity contribution in [3.63, 3.8) is 0 Å². The predicted molar refractivity (Wildman–Crippen MR) is 112 cm³/mol. The first-order chi connectivity index (χ1) is 14.5. The first kappa shape index (κ1) is 18.0. The third-order valence-electron chi connectivity index (χ3n) is 4.91. The van der Waals surface area contributed by atoms with Crippen LogP contribution in [0.3, 0.4) is 0 Å². The topological polar surface area (TPSA) is 68.8 Å². The molecule has 5 rings (SSSR count). The van der Waals surface area contributed by atoms with Crippen LogP contribution in [-0.2, 0) is 0 Å². The van der Waals surface area contributed by atoms with Gasteiger partial charge in [0.2, 0.25) is 5.95 Å². The van der Waals surface area contributed by atoms with Crippen molar-refractivity contribution in [1.29, 1.82) is 0 Å². The zero-order valence-electron chi connectivity index (χ0n) is 16.3. The number of carbonyl (C=O) groups excluding carboxylic acids is 1. The summed E-state index contributed by atoms with van der Waals surface area (Å²) in [6, 6.07) is 15.3. The van der Waals surface area contributed by atoms with E-state index in [1.807, 2.05) is 24.3 Å². The Morgan fingerprint density at radius 1 is 1.00 bits per heavy atom. The number of hydrogen-bond donors (Lipinski definition) is 0. The van der Waals surface area contributed by atoms with Gasteiger partial charge in [0.1, 0.15) is 12.1 Å². The van der Waals surface area contributed by atoms with Gasteiger partial charge in [-0.1, -0.05) is 12.1 Å². The second kappa shape index (κ2) is 6.77. The average Bonchev–Trinajstić information content (AvgIpc) is 3.37. The smallest absolute Gasteiger partial charge is 0.329 e. The summed E-state index contributed by atoms with van der Waals surface area (Å²) in [5, 5.41) is 0.699. The fourth-order valence-electron chi connectivity index (χ4n) is 3.43. The monoisotopic (exact) mass is 400 g/mol. The summed E-state index contributed by atoms with van der Waals surface area (Å²) in [7, 11) is 3.36. The second-order valence-electron chi connectivity index (χ2n) is 7.08. The zero-order chi connectivity index (χ0) is 20.8. The van der Waals surface area contributed by atoms with Crippen LogP contribution in [0.4, 0.5) is 9.18 Å². The van der Waals surface area contributed by atoms with Crippen molar-refractivity contribution in [2.45, 2.75) is 0 Å². The molecule has 0 atom stereocenters. The standard InChI is InChI=1S/C22H17FN6O/c1-27(2)22(30)28-12-11-16-19(14-7-9-15(23)10-8-14)25-21(26-20(16)28)29-13-24-17-5-3-4-6-18(17)29/h3-13H,1-2H3. The van der Waals surface area contributed by atoms with Crippen LogP contribution in [0.2, 0.25) is 0 Å². The van der Waals surface area contributed by atoms with Crippen molar-refractivity contribution in [2.75, 3.05) is 14.1 Å². The van der Waals surface area contributed by atoms with E-state index in [1.165, 1.54) is 21.6 Å².